The molecule has 0 unspecified atom stereocenters. The molecule has 2 aromatic rings. The van der Waals surface area contributed by atoms with E-state index in [9.17, 15) is 4.79 Å². The lowest BCUT2D eigenvalue weighted by Gasteiger charge is -2.35. The lowest BCUT2D eigenvalue weighted by atomic mass is 10.2. The van der Waals surface area contributed by atoms with Crippen LogP contribution in [0.15, 0.2) is 18.2 Å². The van der Waals surface area contributed by atoms with E-state index in [1.165, 1.54) is 4.80 Å². The van der Waals surface area contributed by atoms with Crippen LogP contribution in [0.2, 0.25) is 0 Å². The Hall–Kier alpha value is -2.68. The lowest BCUT2D eigenvalue weighted by Crippen LogP contribution is -2.49. The Morgan fingerprint density at radius 1 is 1.20 bits per heavy atom. The summed E-state index contributed by atoms with van der Waals surface area (Å²) in [7, 11) is 0. The highest BCUT2D eigenvalue weighted by Crippen LogP contribution is 2.34. The SMILES string of the molecule is C[C@@H]1CN(C(=O)Cn2nnc(-c3ccc4c(c3)OCO4)n2)C[C@H](C)O1. The van der Waals surface area contributed by atoms with Crippen LogP contribution in [0, 0.1) is 0 Å². The zero-order valence-corrected chi connectivity index (χ0v) is 14.1. The van der Waals surface area contributed by atoms with Crippen molar-refractivity contribution in [2.45, 2.75) is 32.6 Å². The summed E-state index contributed by atoms with van der Waals surface area (Å²) in [5.41, 5.74) is 0.761. The van der Waals surface area contributed by atoms with Gasteiger partial charge in [0.25, 0.3) is 0 Å². The molecule has 1 saturated heterocycles. The molecule has 2 atom stereocenters. The van der Waals surface area contributed by atoms with Crippen LogP contribution in [0.25, 0.3) is 11.4 Å². The van der Waals surface area contributed by atoms with Crippen molar-refractivity contribution < 1.29 is 19.0 Å². The zero-order chi connectivity index (χ0) is 17.4. The predicted octanol–water partition coefficient (Wildman–Crippen LogP) is 0.705. The Bertz CT molecular complexity index is 783. The number of hydrogen-bond donors (Lipinski definition) is 0. The van der Waals surface area contributed by atoms with E-state index in [1.54, 1.807) is 17.0 Å². The summed E-state index contributed by atoms with van der Waals surface area (Å²) in [5.74, 6) is 1.74. The number of hydrogen-bond acceptors (Lipinski definition) is 7. The molecule has 0 aliphatic carbocycles. The van der Waals surface area contributed by atoms with Crippen LogP contribution < -0.4 is 9.47 Å². The molecule has 1 fully saturated rings. The van der Waals surface area contributed by atoms with Crippen molar-refractivity contribution in [2.24, 2.45) is 0 Å². The number of rotatable bonds is 3. The number of amides is 1. The largest absolute Gasteiger partial charge is 0.454 e. The quantitative estimate of drug-likeness (QED) is 0.809. The summed E-state index contributed by atoms with van der Waals surface area (Å²) in [6, 6.07) is 5.44. The van der Waals surface area contributed by atoms with Gasteiger partial charge in [-0.3, -0.25) is 4.79 Å². The molecule has 1 amide bonds. The van der Waals surface area contributed by atoms with Crippen molar-refractivity contribution in [3.8, 4) is 22.9 Å². The van der Waals surface area contributed by atoms with E-state index in [4.69, 9.17) is 14.2 Å². The molecule has 4 rings (SSSR count). The number of aromatic nitrogens is 4. The standard InChI is InChI=1S/C16H19N5O4/c1-10-6-20(7-11(2)25-10)15(22)8-21-18-16(17-19-21)12-3-4-13-14(5-12)24-9-23-13/h3-5,10-11H,6-9H2,1-2H3/t10-,11+. The number of nitrogens with zero attached hydrogens (tertiary/aromatic N) is 5. The van der Waals surface area contributed by atoms with Gasteiger partial charge in [-0.05, 0) is 37.3 Å². The average Bonchev–Trinajstić information content (AvgIpc) is 3.22. The number of benzene rings is 1. The zero-order valence-electron chi connectivity index (χ0n) is 14.1. The summed E-state index contributed by atoms with van der Waals surface area (Å²) in [6.07, 6.45) is 0.0567. The van der Waals surface area contributed by atoms with Gasteiger partial charge in [-0.1, -0.05) is 0 Å². The van der Waals surface area contributed by atoms with Gasteiger partial charge in [0.15, 0.2) is 11.5 Å². The van der Waals surface area contributed by atoms with Gasteiger partial charge in [0.1, 0.15) is 6.54 Å². The fourth-order valence-corrected chi connectivity index (χ4v) is 3.06. The van der Waals surface area contributed by atoms with Crippen LogP contribution in [-0.2, 0) is 16.1 Å². The summed E-state index contributed by atoms with van der Waals surface area (Å²) < 4.78 is 16.3. The third-order valence-corrected chi connectivity index (χ3v) is 4.13. The normalized spacial score (nSPS) is 22.2. The molecule has 1 aromatic heterocycles. The van der Waals surface area contributed by atoms with E-state index >= 15 is 0 Å². The van der Waals surface area contributed by atoms with Gasteiger partial charge in [-0.2, -0.15) is 4.80 Å². The molecule has 25 heavy (non-hydrogen) atoms. The Balaban J connectivity index is 1.45. The summed E-state index contributed by atoms with van der Waals surface area (Å²) in [4.78, 5) is 15.6. The molecule has 0 spiro atoms. The number of carbonyl (C=O) groups is 1. The van der Waals surface area contributed by atoms with E-state index in [1.807, 2.05) is 19.9 Å². The Morgan fingerprint density at radius 2 is 1.96 bits per heavy atom. The molecule has 0 N–H and O–H groups in total. The molecule has 0 radical (unpaired) electrons. The first kappa shape index (κ1) is 15.8. The third-order valence-electron chi connectivity index (χ3n) is 4.13. The van der Waals surface area contributed by atoms with Gasteiger partial charge >= 0.3 is 0 Å². The summed E-state index contributed by atoms with van der Waals surface area (Å²) in [5, 5.41) is 12.3. The highest BCUT2D eigenvalue weighted by Gasteiger charge is 2.26. The average molecular weight is 345 g/mol. The van der Waals surface area contributed by atoms with Crippen molar-refractivity contribution in [1.82, 2.24) is 25.1 Å². The Morgan fingerprint density at radius 3 is 2.76 bits per heavy atom. The third kappa shape index (κ3) is 3.27. The van der Waals surface area contributed by atoms with E-state index < -0.39 is 0 Å². The van der Waals surface area contributed by atoms with Crippen LogP contribution in [0.4, 0.5) is 0 Å². The van der Waals surface area contributed by atoms with E-state index in [-0.39, 0.29) is 31.5 Å². The minimum absolute atomic E-state index is 0.0283. The highest BCUT2D eigenvalue weighted by molar-refractivity contribution is 5.76. The first-order valence-electron chi connectivity index (χ1n) is 8.19. The molecule has 3 heterocycles. The minimum Gasteiger partial charge on any atom is -0.454 e. The summed E-state index contributed by atoms with van der Waals surface area (Å²) in [6.45, 7) is 5.34. The molecule has 9 nitrogen and oxygen atoms in total. The number of fused-ring (bicyclic) bond motifs is 1. The molecule has 132 valence electrons. The number of carbonyl (C=O) groups excluding carboxylic acids is 1. The topological polar surface area (TPSA) is 91.6 Å². The highest BCUT2D eigenvalue weighted by atomic mass is 16.7. The number of tetrazole rings is 1. The molecule has 0 saturated carbocycles. The van der Waals surface area contributed by atoms with Crippen molar-refractivity contribution in [2.75, 3.05) is 19.9 Å². The second-order valence-electron chi connectivity index (χ2n) is 6.27. The number of ether oxygens (including phenoxy) is 3. The molecular formula is C16H19N5O4. The first-order valence-corrected chi connectivity index (χ1v) is 8.19. The van der Waals surface area contributed by atoms with Gasteiger partial charge in [-0.15, -0.1) is 10.2 Å². The van der Waals surface area contributed by atoms with Crippen molar-refractivity contribution in [3.05, 3.63) is 18.2 Å². The number of morpholine rings is 1. The van der Waals surface area contributed by atoms with Crippen LogP contribution in [-0.4, -0.2) is 63.1 Å². The Labute approximate surface area is 144 Å². The molecule has 2 aliphatic rings. The molecule has 2 aliphatic heterocycles. The van der Waals surface area contributed by atoms with Crippen LogP contribution in [0.1, 0.15) is 13.8 Å². The van der Waals surface area contributed by atoms with Gasteiger partial charge in [0.05, 0.1) is 12.2 Å². The van der Waals surface area contributed by atoms with Crippen LogP contribution >= 0.6 is 0 Å². The smallest absolute Gasteiger partial charge is 0.246 e. The molecular weight excluding hydrogens is 326 g/mol. The molecule has 0 bridgehead atoms. The minimum atomic E-state index is -0.0448. The maximum Gasteiger partial charge on any atom is 0.246 e. The van der Waals surface area contributed by atoms with Crippen molar-refractivity contribution >= 4 is 5.91 Å². The molecule has 9 heteroatoms. The molecule has 1 aromatic carbocycles. The second-order valence-corrected chi connectivity index (χ2v) is 6.27. The fraction of sp³-hybridized carbons (Fsp3) is 0.500. The maximum absolute atomic E-state index is 12.5. The monoisotopic (exact) mass is 345 g/mol. The van der Waals surface area contributed by atoms with Gasteiger partial charge in [-0.25, -0.2) is 0 Å². The summed E-state index contributed by atoms with van der Waals surface area (Å²) >= 11 is 0. The van der Waals surface area contributed by atoms with Gasteiger partial charge in [0.2, 0.25) is 18.5 Å². The second kappa shape index (κ2) is 6.32. The first-order chi connectivity index (χ1) is 12.1. The van der Waals surface area contributed by atoms with E-state index in [0.29, 0.717) is 30.4 Å². The van der Waals surface area contributed by atoms with Crippen LogP contribution in [0.3, 0.4) is 0 Å². The Kier molecular flexibility index (Phi) is 4.00. The van der Waals surface area contributed by atoms with Crippen molar-refractivity contribution in [3.63, 3.8) is 0 Å². The van der Waals surface area contributed by atoms with E-state index in [0.717, 1.165) is 5.56 Å². The maximum atomic E-state index is 12.5. The van der Waals surface area contributed by atoms with Gasteiger partial charge < -0.3 is 19.1 Å². The lowest BCUT2D eigenvalue weighted by molar-refractivity contribution is -0.144. The van der Waals surface area contributed by atoms with Gasteiger partial charge in [0, 0.05) is 18.7 Å². The predicted molar refractivity (Wildman–Crippen MR) is 86.0 cm³/mol. The van der Waals surface area contributed by atoms with Crippen LogP contribution in [0.5, 0.6) is 11.5 Å². The van der Waals surface area contributed by atoms with E-state index in [2.05, 4.69) is 15.4 Å². The van der Waals surface area contributed by atoms with Crippen molar-refractivity contribution in [1.29, 1.82) is 0 Å². The fourth-order valence-electron chi connectivity index (χ4n) is 3.06.